The second-order valence-corrected chi connectivity index (χ2v) is 6.08. The van der Waals surface area contributed by atoms with Gasteiger partial charge in [-0.1, -0.05) is 20.3 Å². The molecule has 1 fully saturated rings. The Morgan fingerprint density at radius 2 is 2.00 bits per heavy atom. The molecule has 0 unspecified atom stereocenters. The number of nitro groups is 1. The number of nitrogens with zero attached hydrogens (tertiary/aromatic N) is 1. The zero-order valence-corrected chi connectivity index (χ0v) is 12.1. The Balaban J connectivity index is 2.98. The Labute approximate surface area is 114 Å². The molecular weight excluding hydrogens is 246 g/mol. The van der Waals surface area contributed by atoms with E-state index in [9.17, 15) is 20.0 Å². The number of aliphatic hydroxyl groups is 1. The fraction of sp³-hybridized carbons (Fsp3) is 0.929. The first-order valence-electron chi connectivity index (χ1n) is 7.18. The first-order chi connectivity index (χ1) is 8.79. The molecule has 0 radical (unpaired) electrons. The predicted molar refractivity (Wildman–Crippen MR) is 72.5 cm³/mol. The van der Waals surface area contributed by atoms with E-state index in [0.29, 0.717) is 32.1 Å². The summed E-state index contributed by atoms with van der Waals surface area (Å²) in [7, 11) is 0. The van der Waals surface area contributed by atoms with E-state index in [1.165, 1.54) is 0 Å². The second kappa shape index (κ2) is 5.99. The van der Waals surface area contributed by atoms with Crippen LogP contribution in [0.25, 0.3) is 0 Å². The average molecular weight is 271 g/mol. The molecule has 0 aromatic heterocycles. The van der Waals surface area contributed by atoms with Crippen LogP contribution in [0.3, 0.4) is 0 Å². The fourth-order valence-electron chi connectivity index (χ4n) is 3.12. The molecule has 0 heterocycles. The summed E-state index contributed by atoms with van der Waals surface area (Å²) in [6, 6.07) is 0. The fourth-order valence-corrected chi connectivity index (χ4v) is 3.12. The van der Waals surface area contributed by atoms with Crippen LogP contribution in [-0.4, -0.2) is 27.0 Å². The lowest BCUT2D eigenvalue weighted by molar-refractivity contribution is -0.573. The number of hydrogen-bond donors (Lipinski definition) is 1. The maximum atomic E-state index is 12.2. The quantitative estimate of drug-likeness (QED) is 0.595. The van der Waals surface area contributed by atoms with E-state index in [2.05, 4.69) is 0 Å². The van der Waals surface area contributed by atoms with Crippen LogP contribution < -0.4 is 0 Å². The van der Waals surface area contributed by atoms with Gasteiger partial charge in [0.2, 0.25) is 5.54 Å². The van der Waals surface area contributed by atoms with Crippen LogP contribution >= 0.6 is 0 Å². The summed E-state index contributed by atoms with van der Waals surface area (Å²) in [5, 5.41) is 21.9. The van der Waals surface area contributed by atoms with E-state index in [1.807, 2.05) is 13.8 Å². The van der Waals surface area contributed by atoms with Gasteiger partial charge < -0.3 is 5.11 Å². The molecular formula is C14H25NO4. The Morgan fingerprint density at radius 1 is 1.37 bits per heavy atom. The lowest BCUT2D eigenvalue weighted by atomic mass is 9.64. The summed E-state index contributed by atoms with van der Waals surface area (Å²) in [4.78, 5) is 23.1. The smallest absolute Gasteiger partial charge is 0.220 e. The van der Waals surface area contributed by atoms with Gasteiger partial charge in [0.05, 0.1) is 11.5 Å². The van der Waals surface area contributed by atoms with Gasteiger partial charge in [-0.05, 0) is 19.3 Å². The Bertz CT molecular complexity index is 357. The van der Waals surface area contributed by atoms with Crippen molar-refractivity contribution in [2.75, 3.05) is 0 Å². The number of Topliss-reactive ketones (excluding diaryl/α,β-unsaturated/α-hetero) is 1. The zero-order valence-electron chi connectivity index (χ0n) is 12.1. The molecule has 1 aliphatic rings. The zero-order chi connectivity index (χ0) is 14.7. The monoisotopic (exact) mass is 271 g/mol. The molecule has 0 aromatic carbocycles. The highest BCUT2D eigenvalue weighted by molar-refractivity contribution is 5.82. The minimum atomic E-state index is -1.08. The van der Waals surface area contributed by atoms with Crippen molar-refractivity contribution in [3.8, 4) is 0 Å². The van der Waals surface area contributed by atoms with Crippen molar-refractivity contribution in [1.82, 2.24) is 0 Å². The molecule has 1 rings (SSSR count). The van der Waals surface area contributed by atoms with Crippen LogP contribution in [0, 0.1) is 16.0 Å². The van der Waals surface area contributed by atoms with Crippen LogP contribution in [0.4, 0.5) is 0 Å². The first kappa shape index (κ1) is 16.1. The summed E-state index contributed by atoms with van der Waals surface area (Å²) < 4.78 is 0. The molecule has 0 spiro atoms. The molecule has 0 amide bonds. The van der Waals surface area contributed by atoms with Gasteiger partial charge in [0, 0.05) is 31.1 Å². The Kier molecular flexibility index (Phi) is 5.07. The van der Waals surface area contributed by atoms with Crippen molar-refractivity contribution in [3.05, 3.63) is 10.1 Å². The van der Waals surface area contributed by atoms with Gasteiger partial charge >= 0.3 is 0 Å². The average Bonchev–Trinajstić information content (AvgIpc) is 2.33. The van der Waals surface area contributed by atoms with Gasteiger partial charge in [-0.15, -0.1) is 0 Å². The first-order valence-corrected chi connectivity index (χ1v) is 7.18. The molecule has 0 saturated heterocycles. The Morgan fingerprint density at radius 3 is 2.47 bits per heavy atom. The number of ketones is 1. The summed E-state index contributed by atoms with van der Waals surface area (Å²) in [5.74, 6) is -0.609. The number of carbonyl (C=O) groups is 1. The van der Waals surface area contributed by atoms with Crippen molar-refractivity contribution in [2.45, 2.75) is 76.9 Å². The van der Waals surface area contributed by atoms with Gasteiger partial charge in [0.25, 0.3) is 0 Å². The number of hydrogen-bond acceptors (Lipinski definition) is 4. The van der Waals surface area contributed by atoms with Crippen LogP contribution in [-0.2, 0) is 4.79 Å². The molecule has 0 aliphatic heterocycles. The lowest BCUT2D eigenvalue weighted by Gasteiger charge is -2.43. The molecule has 1 N–H and O–H groups in total. The topological polar surface area (TPSA) is 80.4 Å². The molecule has 110 valence electrons. The molecule has 0 aromatic rings. The molecule has 5 heteroatoms. The minimum Gasteiger partial charge on any atom is -0.389 e. The van der Waals surface area contributed by atoms with Crippen LogP contribution in [0.1, 0.15) is 65.7 Å². The van der Waals surface area contributed by atoms with Crippen LogP contribution in [0.2, 0.25) is 0 Å². The molecule has 3 atom stereocenters. The van der Waals surface area contributed by atoms with E-state index < -0.39 is 17.1 Å². The van der Waals surface area contributed by atoms with Crippen molar-refractivity contribution in [3.63, 3.8) is 0 Å². The van der Waals surface area contributed by atoms with Gasteiger partial charge in [0.15, 0.2) is 0 Å². The van der Waals surface area contributed by atoms with Crippen molar-refractivity contribution >= 4 is 5.78 Å². The van der Waals surface area contributed by atoms with Crippen molar-refractivity contribution in [1.29, 1.82) is 0 Å². The SMILES string of the molecule is CCCC(=O)[C@@H]1C[C@@](C)([N+](=O)[O-])CC[C@@]1(O)CCC. The van der Waals surface area contributed by atoms with E-state index in [4.69, 9.17) is 0 Å². The highest BCUT2D eigenvalue weighted by Gasteiger charge is 2.54. The molecule has 0 bridgehead atoms. The maximum absolute atomic E-state index is 12.2. The highest BCUT2D eigenvalue weighted by atomic mass is 16.6. The normalized spacial score (nSPS) is 35.1. The molecule has 5 nitrogen and oxygen atoms in total. The Hall–Kier alpha value is -0.970. The highest BCUT2D eigenvalue weighted by Crippen LogP contribution is 2.44. The van der Waals surface area contributed by atoms with Gasteiger partial charge in [0.1, 0.15) is 5.78 Å². The largest absolute Gasteiger partial charge is 0.389 e. The maximum Gasteiger partial charge on any atom is 0.220 e. The van der Waals surface area contributed by atoms with Gasteiger partial charge in [-0.25, -0.2) is 0 Å². The minimum absolute atomic E-state index is 0.0220. The van der Waals surface area contributed by atoms with Crippen LogP contribution in [0.15, 0.2) is 0 Å². The second-order valence-electron chi connectivity index (χ2n) is 6.08. The van der Waals surface area contributed by atoms with E-state index in [-0.39, 0.29) is 17.1 Å². The molecule has 19 heavy (non-hydrogen) atoms. The van der Waals surface area contributed by atoms with E-state index in [0.717, 1.165) is 6.42 Å². The molecule has 1 aliphatic carbocycles. The van der Waals surface area contributed by atoms with E-state index in [1.54, 1.807) is 6.92 Å². The van der Waals surface area contributed by atoms with Gasteiger partial charge in [-0.3, -0.25) is 14.9 Å². The van der Waals surface area contributed by atoms with Crippen LogP contribution in [0.5, 0.6) is 0 Å². The van der Waals surface area contributed by atoms with E-state index >= 15 is 0 Å². The van der Waals surface area contributed by atoms with Crippen molar-refractivity contribution in [2.24, 2.45) is 5.92 Å². The lowest BCUT2D eigenvalue weighted by Crippen LogP contribution is -2.54. The number of carbonyl (C=O) groups excluding carboxylic acids is 1. The summed E-state index contributed by atoms with van der Waals surface area (Å²) in [6.45, 7) is 5.46. The predicted octanol–water partition coefficient (Wildman–Crippen LogP) is 2.72. The molecule has 1 saturated carbocycles. The third kappa shape index (κ3) is 3.32. The van der Waals surface area contributed by atoms with Crippen molar-refractivity contribution < 1.29 is 14.8 Å². The summed E-state index contributed by atoms with van der Waals surface area (Å²) >= 11 is 0. The standard InChI is InChI=1S/C14H25NO4/c1-4-6-12(16)11-10-13(3,15(18)19)8-9-14(11,17)7-5-2/h11,17H,4-10H2,1-3H3/t11-,13-,14-/m0/s1. The van der Waals surface area contributed by atoms with Gasteiger partial charge in [-0.2, -0.15) is 0 Å². The number of rotatable bonds is 6. The summed E-state index contributed by atoms with van der Waals surface area (Å²) in [5.41, 5.74) is -2.12. The third-order valence-electron chi connectivity index (χ3n) is 4.40. The summed E-state index contributed by atoms with van der Waals surface area (Å²) in [6.07, 6.45) is 3.28. The third-order valence-corrected chi connectivity index (χ3v) is 4.40.